The lowest BCUT2D eigenvalue weighted by Crippen LogP contribution is -2.49. The SMILES string of the molecule is CNCCc1ccc(S(=O)(=O)N2CC(C)OCC2C)s1. The zero-order valence-electron chi connectivity index (χ0n) is 12.1. The Morgan fingerprint density at radius 1 is 1.45 bits per heavy atom. The van der Waals surface area contributed by atoms with E-state index in [1.54, 1.807) is 10.4 Å². The fourth-order valence-corrected chi connectivity index (χ4v) is 5.38. The molecule has 0 aromatic carbocycles. The summed E-state index contributed by atoms with van der Waals surface area (Å²) in [5, 5.41) is 3.07. The zero-order chi connectivity index (χ0) is 14.8. The van der Waals surface area contributed by atoms with Crippen LogP contribution in [-0.4, -0.2) is 51.6 Å². The molecule has 0 aliphatic carbocycles. The molecule has 5 nitrogen and oxygen atoms in total. The van der Waals surface area contributed by atoms with Gasteiger partial charge in [0, 0.05) is 17.5 Å². The highest BCUT2D eigenvalue weighted by atomic mass is 32.2. The van der Waals surface area contributed by atoms with E-state index in [0.717, 1.165) is 17.8 Å². The highest BCUT2D eigenvalue weighted by Gasteiger charge is 2.34. The summed E-state index contributed by atoms with van der Waals surface area (Å²) in [6.07, 6.45) is 0.802. The fourth-order valence-electron chi connectivity index (χ4n) is 2.20. The van der Waals surface area contributed by atoms with Crippen molar-refractivity contribution in [3.8, 4) is 0 Å². The molecule has 1 aromatic rings. The molecular weight excluding hydrogens is 296 g/mol. The summed E-state index contributed by atoms with van der Waals surface area (Å²) in [7, 11) is -1.51. The van der Waals surface area contributed by atoms with Crippen molar-refractivity contribution in [3.63, 3.8) is 0 Å². The van der Waals surface area contributed by atoms with Gasteiger partial charge in [0.25, 0.3) is 10.0 Å². The van der Waals surface area contributed by atoms with Crippen molar-refractivity contribution in [1.82, 2.24) is 9.62 Å². The van der Waals surface area contributed by atoms with Crippen molar-refractivity contribution in [2.75, 3.05) is 26.7 Å². The Balaban J connectivity index is 2.18. The van der Waals surface area contributed by atoms with Crippen LogP contribution in [0.3, 0.4) is 0 Å². The monoisotopic (exact) mass is 318 g/mol. The highest BCUT2D eigenvalue weighted by Crippen LogP contribution is 2.28. The number of morpholine rings is 1. The summed E-state index contributed by atoms with van der Waals surface area (Å²) in [6, 6.07) is 3.51. The third-order valence-electron chi connectivity index (χ3n) is 3.37. The molecule has 1 saturated heterocycles. The van der Waals surface area contributed by atoms with Crippen LogP contribution < -0.4 is 5.32 Å². The quantitative estimate of drug-likeness (QED) is 0.889. The molecule has 0 amide bonds. The lowest BCUT2D eigenvalue weighted by atomic mass is 10.2. The maximum atomic E-state index is 12.7. The van der Waals surface area contributed by atoms with E-state index in [4.69, 9.17) is 4.74 Å². The Morgan fingerprint density at radius 2 is 2.20 bits per heavy atom. The van der Waals surface area contributed by atoms with Crippen molar-refractivity contribution in [1.29, 1.82) is 0 Å². The Hall–Kier alpha value is -0.470. The second-order valence-electron chi connectivity index (χ2n) is 5.14. The van der Waals surface area contributed by atoms with E-state index in [-0.39, 0.29) is 12.1 Å². The Morgan fingerprint density at radius 3 is 2.90 bits per heavy atom. The number of ether oxygens (including phenoxy) is 1. The van der Waals surface area contributed by atoms with Gasteiger partial charge in [0.2, 0.25) is 0 Å². The summed E-state index contributed by atoms with van der Waals surface area (Å²) in [5.74, 6) is 0. The van der Waals surface area contributed by atoms with Crippen molar-refractivity contribution in [2.24, 2.45) is 0 Å². The molecule has 20 heavy (non-hydrogen) atoms. The molecule has 0 spiro atoms. The number of sulfonamides is 1. The lowest BCUT2D eigenvalue weighted by Gasteiger charge is -2.35. The number of rotatable bonds is 5. The van der Waals surface area contributed by atoms with E-state index < -0.39 is 10.0 Å². The summed E-state index contributed by atoms with van der Waals surface area (Å²) in [4.78, 5) is 1.09. The van der Waals surface area contributed by atoms with Gasteiger partial charge in [-0.05, 0) is 46.0 Å². The number of thiophene rings is 1. The first-order valence-corrected chi connectivity index (χ1v) is 9.07. The molecule has 1 aliphatic heterocycles. The third kappa shape index (κ3) is 3.40. The van der Waals surface area contributed by atoms with Crippen LogP contribution in [0.15, 0.2) is 16.3 Å². The number of nitrogens with zero attached hydrogens (tertiary/aromatic N) is 1. The van der Waals surface area contributed by atoms with Gasteiger partial charge < -0.3 is 10.1 Å². The van der Waals surface area contributed by atoms with Gasteiger partial charge >= 0.3 is 0 Å². The van der Waals surface area contributed by atoms with Gasteiger partial charge in [-0.25, -0.2) is 8.42 Å². The normalized spacial score (nSPS) is 24.9. The summed E-state index contributed by atoms with van der Waals surface area (Å²) >= 11 is 1.37. The van der Waals surface area contributed by atoms with Gasteiger partial charge in [-0.2, -0.15) is 4.31 Å². The van der Waals surface area contributed by atoms with Gasteiger partial charge in [-0.3, -0.25) is 0 Å². The third-order valence-corrected chi connectivity index (χ3v) is 6.96. The van der Waals surface area contributed by atoms with Crippen molar-refractivity contribution >= 4 is 21.4 Å². The molecule has 0 radical (unpaired) electrons. The predicted molar refractivity (Wildman–Crippen MR) is 80.7 cm³/mol. The summed E-state index contributed by atoms with van der Waals surface area (Å²) in [6.45, 7) is 5.52. The molecule has 1 aromatic heterocycles. The first-order chi connectivity index (χ1) is 9.45. The molecule has 1 N–H and O–H groups in total. The summed E-state index contributed by atoms with van der Waals surface area (Å²) in [5.41, 5.74) is 0. The number of hydrogen-bond donors (Lipinski definition) is 1. The standard InChI is InChI=1S/C13H22N2O3S2/c1-10-9-18-11(2)8-15(10)20(16,17)13-5-4-12(19-13)6-7-14-3/h4-5,10-11,14H,6-9H2,1-3H3. The van der Waals surface area contributed by atoms with E-state index in [2.05, 4.69) is 5.32 Å². The molecule has 0 bridgehead atoms. The minimum Gasteiger partial charge on any atom is -0.375 e. The Labute approximate surface area is 125 Å². The second-order valence-corrected chi connectivity index (χ2v) is 8.43. The van der Waals surface area contributed by atoms with Crippen molar-refractivity contribution < 1.29 is 13.2 Å². The lowest BCUT2D eigenvalue weighted by molar-refractivity contribution is -0.0170. The van der Waals surface area contributed by atoms with E-state index in [1.807, 2.05) is 27.0 Å². The molecule has 2 atom stereocenters. The molecule has 1 aliphatic rings. The van der Waals surface area contributed by atoms with Gasteiger partial charge in [-0.1, -0.05) is 0 Å². The minimum atomic E-state index is -3.40. The van der Waals surface area contributed by atoms with Crippen molar-refractivity contribution in [2.45, 2.75) is 36.6 Å². The second kappa shape index (κ2) is 6.53. The van der Waals surface area contributed by atoms with Crippen molar-refractivity contribution in [3.05, 3.63) is 17.0 Å². The Bertz CT molecular complexity index is 542. The fraction of sp³-hybridized carbons (Fsp3) is 0.692. The van der Waals surface area contributed by atoms with Crippen LogP contribution in [0.25, 0.3) is 0 Å². The van der Waals surface area contributed by atoms with Crippen LogP contribution in [0.5, 0.6) is 0 Å². The average molecular weight is 318 g/mol. The molecule has 2 heterocycles. The van der Waals surface area contributed by atoms with Crippen LogP contribution in [0.2, 0.25) is 0 Å². The smallest absolute Gasteiger partial charge is 0.252 e. The first-order valence-electron chi connectivity index (χ1n) is 6.82. The van der Waals surface area contributed by atoms with Gasteiger partial charge in [-0.15, -0.1) is 11.3 Å². The predicted octanol–water partition coefficient (Wildman–Crippen LogP) is 1.31. The van der Waals surface area contributed by atoms with Gasteiger partial charge in [0.05, 0.1) is 12.7 Å². The van der Waals surface area contributed by atoms with E-state index in [1.165, 1.54) is 11.3 Å². The van der Waals surface area contributed by atoms with Crippen LogP contribution >= 0.6 is 11.3 Å². The molecule has 1 fully saturated rings. The number of nitrogens with one attached hydrogen (secondary N) is 1. The topological polar surface area (TPSA) is 58.6 Å². The van der Waals surface area contributed by atoms with E-state index in [9.17, 15) is 8.42 Å². The molecule has 0 saturated carbocycles. The zero-order valence-corrected chi connectivity index (χ0v) is 13.8. The molecular formula is C13H22N2O3S2. The first kappa shape index (κ1) is 15.9. The number of likely N-dealkylation sites (N-methyl/N-ethyl adjacent to an activating group) is 1. The maximum Gasteiger partial charge on any atom is 0.252 e. The number of hydrogen-bond acceptors (Lipinski definition) is 5. The molecule has 2 unspecified atom stereocenters. The average Bonchev–Trinajstić information content (AvgIpc) is 2.88. The van der Waals surface area contributed by atoms with Crippen LogP contribution in [0, 0.1) is 0 Å². The molecule has 7 heteroatoms. The van der Waals surface area contributed by atoms with E-state index >= 15 is 0 Å². The largest absolute Gasteiger partial charge is 0.375 e. The molecule has 114 valence electrons. The minimum absolute atomic E-state index is 0.0512. The van der Waals surface area contributed by atoms with Gasteiger partial charge in [0.15, 0.2) is 0 Å². The highest BCUT2D eigenvalue weighted by molar-refractivity contribution is 7.91. The van der Waals surface area contributed by atoms with Crippen LogP contribution in [-0.2, 0) is 21.2 Å². The van der Waals surface area contributed by atoms with Crippen LogP contribution in [0.1, 0.15) is 18.7 Å². The van der Waals surface area contributed by atoms with Crippen LogP contribution in [0.4, 0.5) is 0 Å². The summed E-state index contributed by atoms with van der Waals surface area (Å²) < 4.78 is 32.9. The van der Waals surface area contributed by atoms with Gasteiger partial charge in [0.1, 0.15) is 4.21 Å². The molecule has 2 rings (SSSR count). The van der Waals surface area contributed by atoms with E-state index in [0.29, 0.717) is 17.4 Å². The Kier molecular flexibility index (Phi) is 5.19. The maximum absolute atomic E-state index is 12.7.